The van der Waals surface area contributed by atoms with E-state index in [9.17, 15) is 15.2 Å². The number of nitrogens with zero attached hydrogens (tertiary/aromatic N) is 2. The minimum absolute atomic E-state index is 0.0348. The summed E-state index contributed by atoms with van der Waals surface area (Å²) in [5.41, 5.74) is 2.10. The molecule has 27 heavy (non-hydrogen) atoms. The zero-order chi connectivity index (χ0) is 19.0. The number of benzene rings is 1. The normalized spacial score (nSPS) is 35.9. The van der Waals surface area contributed by atoms with Gasteiger partial charge in [0.05, 0.1) is 16.6 Å². The molecule has 2 aliphatic carbocycles. The van der Waals surface area contributed by atoms with Crippen LogP contribution in [0.3, 0.4) is 0 Å². The van der Waals surface area contributed by atoms with Crippen molar-refractivity contribution in [3.63, 3.8) is 0 Å². The highest BCUT2D eigenvalue weighted by Crippen LogP contribution is 2.63. The fourth-order valence-corrected chi connectivity index (χ4v) is 6.03. The number of Topliss-reactive ketones (excluding diaryl/α,β-unsaturated/α-hetero) is 1. The monoisotopic (exact) mass is 364 g/mol. The van der Waals surface area contributed by atoms with Crippen LogP contribution in [0.15, 0.2) is 23.8 Å². The van der Waals surface area contributed by atoms with E-state index in [1.54, 1.807) is 6.07 Å². The van der Waals surface area contributed by atoms with Crippen molar-refractivity contribution in [3.05, 3.63) is 40.5 Å². The molecule has 1 saturated carbocycles. The van der Waals surface area contributed by atoms with Crippen LogP contribution in [0.2, 0.25) is 0 Å². The molecule has 1 saturated heterocycles. The molecule has 1 aromatic rings. The van der Waals surface area contributed by atoms with E-state index in [1.165, 1.54) is 5.57 Å². The van der Waals surface area contributed by atoms with Crippen LogP contribution in [-0.4, -0.2) is 46.6 Å². The van der Waals surface area contributed by atoms with Crippen LogP contribution in [0, 0.1) is 11.3 Å². The molecule has 1 aromatic carbocycles. The number of carbonyl (C=O) groups excluding carboxylic acids is 1. The molecule has 2 heterocycles. The minimum Gasteiger partial charge on any atom is -0.480 e. The molecule has 4 aliphatic rings. The van der Waals surface area contributed by atoms with E-state index in [2.05, 4.69) is 30.9 Å². The van der Waals surface area contributed by atoms with Crippen molar-refractivity contribution in [2.75, 3.05) is 13.1 Å². The summed E-state index contributed by atoms with van der Waals surface area (Å²) in [5, 5.41) is 21.6. The Morgan fingerprint density at radius 2 is 2.26 bits per heavy atom. The van der Waals surface area contributed by atoms with Crippen molar-refractivity contribution >= 4 is 5.78 Å². The van der Waals surface area contributed by atoms with Gasteiger partial charge in [-0.25, -0.2) is 0 Å². The molecule has 2 fully saturated rings. The van der Waals surface area contributed by atoms with Gasteiger partial charge in [0.15, 0.2) is 11.9 Å². The van der Waals surface area contributed by atoms with Crippen molar-refractivity contribution in [3.8, 4) is 11.8 Å². The number of allylic oxidation sites excluding steroid dienone is 1. The third kappa shape index (κ3) is 1.93. The van der Waals surface area contributed by atoms with Gasteiger partial charge in [-0.05, 0) is 44.7 Å². The zero-order valence-corrected chi connectivity index (χ0v) is 15.8. The van der Waals surface area contributed by atoms with Gasteiger partial charge in [0.2, 0.25) is 0 Å². The number of nitriles is 1. The molecular formula is C22H24N2O3. The van der Waals surface area contributed by atoms with E-state index >= 15 is 0 Å². The summed E-state index contributed by atoms with van der Waals surface area (Å²) in [5.74, 6) is 0.606. The van der Waals surface area contributed by atoms with E-state index in [0.29, 0.717) is 30.6 Å². The van der Waals surface area contributed by atoms with Gasteiger partial charge in [-0.2, -0.15) is 5.26 Å². The van der Waals surface area contributed by atoms with Gasteiger partial charge in [-0.1, -0.05) is 17.7 Å². The standard InChI is InChI=1S/C22H24N2O3/c1-13(2)6-9-24-10-8-21-18-14-3-4-15(12-23)19(18)27-20(21)16(25)5-7-22(21,26)17(24)11-14/h3-4,6,17,20,26H,5,7-11H2,1-2H3/t17-,20?,21?,22?/m1/s1. The summed E-state index contributed by atoms with van der Waals surface area (Å²) in [6.45, 7) is 5.81. The fourth-order valence-electron chi connectivity index (χ4n) is 6.03. The lowest BCUT2D eigenvalue weighted by molar-refractivity contribution is -0.187. The SMILES string of the molecule is CC(C)=CCN1CCC23c4c5ccc(C#N)c4OC2C(=O)CCC3(O)[C@H]1C5. The first-order valence-corrected chi connectivity index (χ1v) is 9.78. The van der Waals surface area contributed by atoms with Gasteiger partial charge in [0, 0.05) is 31.1 Å². The lowest BCUT2D eigenvalue weighted by atomic mass is 9.49. The van der Waals surface area contributed by atoms with E-state index in [0.717, 1.165) is 30.6 Å². The number of hydrogen-bond acceptors (Lipinski definition) is 5. The average molecular weight is 364 g/mol. The third-order valence-corrected chi connectivity index (χ3v) is 7.24. The van der Waals surface area contributed by atoms with Crippen LogP contribution >= 0.6 is 0 Å². The van der Waals surface area contributed by atoms with Crippen LogP contribution in [0.25, 0.3) is 0 Å². The molecule has 1 spiro atoms. The highest BCUT2D eigenvalue weighted by molar-refractivity contribution is 5.90. The molecule has 2 bridgehead atoms. The molecule has 0 amide bonds. The van der Waals surface area contributed by atoms with E-state index < -0.39 is 17.1 Å². The molecule has 2 aliphatic heterocycles. The van der Waals surface area contributed by atoms with Crippen molar-refractivity contribution in [1.82, 2.24) is 4.90 Å². The Bertz CT molecular complexity index is 926. The zero-order valence-electron chi connectivity index (χ0n) is 15.8. The predicted octanol–water partition coefficient (Wildman–Crippen LogP) is 2.25. The average Bonchev–Trinajstić information content (AvgIpc) is 2.99. The maximum atomic E-state index is 12.8. The second-order valence-corrected chi connectivity index (χ2v) is 8.69. The van der Waals surface area contributed by atoms with E-state index in [1.807, 2.05) is 6.07 Å². The molecule has 140 valence electrons. The lowest BCUT2D eigenvalue weighted by Crippen LogP contribution is -2.76. The number of piperidine rings is 1. The van der Waals surface area contributed by atoms with Gasteiger partial charge in [-0.3, -0.25) is 9.69 Å². The number of hydrogen-bond donors (Lipinski definition) is 1. The van der Waals surface area contributed by atoms with Gasteiger partial charge in [-0.15, -0.1) is 0 Å². The van der Waals surface area contributed by atoms with Crippen molar-refractivity contribution in [2.24, 2.45) is 0 Å². The van der Waals surface area contributed by atoms with Gasteiger partial charge in [0.25, 0.3) is 0 Å². The second kappa shape index (κ2) is 5.43. The number of aliphatic hydroxyl groups is 1. The molecule has 0 radical (unpaired) electrons. The number of ether oxygens (including phenoxy) is 1. The molecule has 4 atom stereocenters. The molecule has 5 nitrogen and oxygen atoms in total. The first-order chi connectivity index (χ1) is 12.9. The van der Waals surface area contributed by atoms with Gasteiger partial charge < -0.3 is 9.84 Å². The van der Waals surface area contributed by atoms with Crippen LogP contribution in [0.1, 0.15) is 49.8 Å². The fraction of sp³-hybridized carbons (Fsp3) is 0.545. The summed E-state index contributed by atoms with van der Waals surface area (Å²) in [6, 6.07) is 5.97. The Labute approximate surface area is 159 Å². The highest BCUT2D eigenvalue weighted by Gasteiger charge is 2.72. The summed E-state index contributed by atoms with van der Waals surface area (Å²) in [7, 11) is 0. The van der Waals surface area contributed by atoms with Gasteiger partial charge in [0.1, 0.15) is 11.8 Å². The molecule has 1 N–H and O–H groups in total. The first kappa shape index (κ1) is 17.0. The third-order valence-electron chi connectivity index (χ3n) is 7.24. The molecule has 0 aromatic heterocycles. The summed E-state index contributed by atoms with van der Waals surface area (Å²) in [4.78, 5) is 15.2. The number of rotatable bonds is 2. The van der Waals surface area contributed by atoms with E-state index in [-0.39, 0.29) is 11.8 Å². The molecule has 3 unspecified atom stereocenters. The number of carbonyl (C=O) groups is 1. The van der Waals surface area contributed by atoms with Crippen LogP contribution in [0.5, 0.6) is 5.75 Å². The van der Waals surface area contributed by atoms with Gasteiger partial charge >= 0.3 is 0 Å². The summed E-state index contributed by atoms with van der Waals surface area (Å²) >= 11 is 0. The van der Waals surface area contributed by atoms with Crippen LogP contribution in [0.4, 0.5) is 0 Å². The minimum atomic E-state index is -0.994. The number of ketones is 1. The molecule has 5 heteroatoms. The van der Waals surface area contributed by atoms with Crippen LogP contribution < -0.4 is 4.74 Å². The highest BCUT2D eigenvalue weighted by atomic mass is 16.5. The topological polar surface area (TPSA) is 73.6 Å². The van der Waals surface area contributed by atoms with Crippen LogP contribution in [-0.2, 0) is 16.6 Å². The second-order valence-electron chi connectivity index (χ2n) is 8.69. The lowest BCUT2D eigenvalue weighted by Gasteiger charge is -2.62. The van der Waals surface area contributed by atoms with Crippen molar-refractivity contribution in [1.29, 1.82) is 5.26 Å². The largest absolute Gasteiger partial charge is 0.480 e. The predicted molar refractivity (Wildman–Crippen MR) is 99.6 cm³/mol. The quantitative estimate of drug-likeness (QED) is 0.815. The van der Waals surface area contributed by atoms with Crippen molar-refractivity contribution < 1.29 is 14.6 Å². The maximum Gasteiger partial charge on any atom is 0.174 e. The Balaban J connectivity index is 1.72. The summed E-state index contributed by atoms with van der Waals surface area (Å²) < 4.78 is 6.15. The molecular weight excluding hydrogens is 340 g/mol. The Kier molecular flexibility index (Phi) is 3.42. The first-order valence-electron chi connectivity index (χ1n) is 9.78. The summed E-state index contributed by atoms with van der Waals surface area (Å²) in [6.07, 6.45) is 3.76. The Morgan fingerprint density at radius 3 is 3.00 bits per heavy atom. The molecule has 5 rings (SSSR count). The Hall–Kier alpha value is -2.16. The van der Waals surface area contributed by atoms with E-state index in [4.69, 9.17) is 4.74 Å². The Morgan fingerprint density at radius 1 is 1.44 bits per heavy atom. The van der Waals surface area contributed by atoms with Crippen molar-refractivity contribution in [2.45, 2.75) is 62.7 Å². The maximum absolute atomic E-state index is 12.8. The smallest absolute Gasteiger partial charge is 0.174 e. The number of likely N-dealkylation sites (tertiary alicyclic amines) is 1.